The molecule has 1 aliphatic heterocycles. The van der Waals surface area contributed by atoms with Gasteiger partial charge < -0.3 is 19.7 Å². The number of carbonyl (C=O) groups excluding carboxylic acids is 4. The summed E-state index contributed by atoms with van der Waals surface area (Å²) in [5.41, 5.74) is 2.38. The molecule has 1 atom stereocenters. The molecule has 1 heterocycles. The van der Waals surface area contributed by atoms with E-state index >= 15 is 0 Å². The molecule has 1 N–H and O–H groups in total. The molecule has 10 nitrogen and oxygen atoms in total. The first kappa shape index (κ1) is 28.2. The van der Waals surface area contributed by atoms with E-state index in [1.165, 1.54) is 42.0 Å². The highest BCUT2D eigenvalue weighted by Gasteiger charge is 2.36. The summed E-state index contributed by atoms with van der Waals surface area (Å²) in [6.07, 6.45) is 4.85. The monoisotopic (exact) mass is 498 g/mol. The lowest BCUT2D eigenvalue weighted by atomic mass is 10.0. The Labute approximate surface area is 211 Å². The predicted molar refractivity (Wildman–Crippen MR) is 139 cm³/mol. The van der Waals surface area contributed by atoms with E-state index in [1.807, 2.05) is 6.92 Å². The molecule has 10 heteroatoms. The Morgan fingerprint density at radius 2 is 1.92 bits per heavy atom. The average Bonchev–Trinajstić information content (AvgIpc) is 2.84. The lowest BCUT2D eigenvalue weighted by Gasteiger charge is -2.40. The highest BCUT2D eigenvalue weighted by atomic mass is 16.6. The van der Waals surface area contributed by atoms with Gasteiger partial charge in [0.25, 0.3) is 0 Å². The number of allylic oxidation sites excluding steroid dienone is 4. The summed E-state index contributed by atoms with van der Waals surface area (Å²) in [6, 6.07) is 4.95. The summed E-state index contributed by atoms with van der Waals surface area (Å²) in [4.78, 5) is 53.4. The van der Waals surface area contributed by atoms with Crippen molar-refractivity contribution in [2.45, 2.75) is 32.9 Å². The molecule has 0 saturated carbocycles. The van der Waals surface area contributed by atoms with Gasteiger partial charge in [-0.3, -0.25) is 19.4 Å². The standard InChI is InChI=1S/C26H34N4O6/c1-8-19(10-9-11-24(32)28(6)16-23(31)27-5)20-12-13-21-22(14-20)29(25(33)36-17(2)3)15-18(4)30(21)26(34)35-7/h8-14,17-18H,1,15-16H2,2-7H3,(H,27,31)/b11-9+,19-10+. The number of likely N-dealkylation sites (N-methyl/N-ethyl adjacent to an activating group) is 2. The third-order valence-electron chi connectivity index (χ3n) is 5.45. The number of rotatable bonds is 7. The van der Waals surface area contributed by atoms with Gasteiger partial charge in [-0.2, -0.15) is 0 Å². The number of nitrogens with one attached hydrogen (secondary N) is 1. The minimum atomic E-state index is -0.532. The largest absolute Gasteiger partial charge is 0.452 e. The Morgan fingerprint density at radius 1 is 1.22 bits per heavy atom. The maximum Gasteiger partial charge on any atom is 0.414 e. The fourth-order valence-corrected chi connectivity index (χ4v) is 3.64. The SMILES string of the molecule is C=C/C(=C\C=C\C(=O)N(C)CC(=O)NC)c1ccc2c(c1)N(C(=O)OC(C)C)CC(C)N2C(=O)OC. The summed E-state index contributed by atoms with van der Waals surface area (Å²) in [6.45, 7) is 9.37. The minimum absolute atomic E-state index is 0.0556. The zero-order chi connectivity index (χ0) is 27.0. The zero-order valence-corrected chi connectivity index (χ0v) is 21.6. The van der Waals surface area contributed by atoms with Gasteiger partial charge in [-0.1, -0.05) is 30.9 Å². The van der Waals surface area contributed by atoms with Crippen LogP contribution < -0.4 is 15.1 Å². The lowest BCUT2D eigenvalue weighted by molar-refractivity contribution is -0.130. The van der Waals surface area contributed by atoms with E-state index in [1.54, 1.807) is 50.3 Å². The normalized spacial score (nSPS) is 15.4. The molecule has 4 amide bonds. The number of ether oxygens (including phenoxy) is 2. The fraction of sp³-hybridized carbons (Fsp3) is 0.385. The summed E-state index contributed by atoms with van der Waals surface area (Å²) < 4.78 is 10.4. The van der Waals surface area contributed by atoms with Gasteiger partial charge in [0.15, 0.2) is 0 Å². The van der Waals surface area contributed by atoms with Crippen molar-refractivity contribution in [1.29, 1.82) is 0 Å². The van der Waals surface area contributed by atoms with Gasteiger partial charge in [-0.15, -0.1) is 0 Å². The first-order valence-corrected chi connectivity index (χ1v) is 11.5. The molecule has 0 aliphatic carbocycles. The molecule has 0 radical (unpaired) electrons. The molecule has 1 aliphatic rings. The highest BCUT2D eigenvalue weighted by Crippen LogP contribution is 2.38. The van der Waals surface area contributed by atoms with Crippen LogP contribution in [-0.4, -0.2) is 75.3 Å². The van der Waals surface area contributed by atoms with Gasteiger partial charge in [0, 0.05) is 20.2 Å². The van der Waals surface area contributed by atoms with E-state index in [0.717, 1.165) is 0 Å². The third-order valence-corrected chi connectivity index (χ3v) is 5.45. The van der Waals surface area contributed by atoms with Crippen molar-refractivity contribution in [2.24, 2.45) is 0 Å². The van der Waals surface area contributed by atoms with Crippen molar-refractivity contribution in [3.8, 4) is 0 Å². The number of hydrogen-bond donors (Lipinski definition) is 1. The second-order valence-corrected chi connectivity index (χ2v) is 8.49. The second-order valence-electron chi connectivity index (χ2n) is 8.49. The lowest BCUT2D eigenvalue weighted by Crippen LogP contribution is -2.52. The van der Waals surface area contributed by atoms with E-state index in [-0.39, 0.29) is 37.0 Å². The van der Waals surface area contributed by atoms with Crippen LogP contribution in [0.5, 0.6) is 0 Å². The highest BCUT2D eigenvalue weighted by molar-refractivity contribution is 6.01. The summed E-state index contributed by atoms with van der Waals surface area (Å²) in [5.74, 6) is -0.611. The van der Waals surface area contributed by atoms with E-state index in [2.05, 4.69) is 11.9 Å². The van der Waals surface area contributed by atoms with Gasteiger partial charge in [-0.25, -0.2) is 9.59 Å². The van der Waals surface area contributed by atoms with Crippen molar-refractivity contribution in [3.05, 3.63) is 54.6 Å². The minimum Gasteiger partial charge on any atom is -0.452 e. The molecule has 0 fully saturated rings. The van der Waals surface area contributed by atoms with Crippen LogP contribution in [0.15, 0.2) is 49.1 Å². The third kappa shape index (κ3) is 6.74. The molecule has 1 unspecified atom stereocenters. The van der Waals surface area contributed by atoms with Crippen LogP contribution in [0, 0.1) is 0 Å². The Kier molecular flexibility index (Phi) is 9.83. The number of anilines is 2. The Hall–Kier alpha value is -4.08. The van der Waals surface area contributed by atoms with Crippen molar-refractivity contribution >= 4 is 40.9 Å². The summed E-state index contributed by atoms with van der Waals surface area (Å²) in [7, 11) is 4.34. The predicted octanol–water partition coefficient (Wildman–Crippen LogP) is 3.34. The van der Waals surface area contributed by atoms with E-state index in [4.69, 9.17) is 9.47 Å². The molecule has 0 spiro atoms. The van der Waals surface area contributed by atoms with E-state index in [9.17, 15) is 19.2 Å². The van der Waals surface area contributed by atoms with Gasteiger partial charge in [0.1, 0.15) is 0 Å². The number of fused-ring (bicyclic) bond motifs is 1. The Bertz CT molecular complexity index is 1080. The quantitative estimate of drug-likeness (QED) is 0.456. The van der Waals surface area contributed by atoms with Gasteiger partial charge >= 0.3 is 12.2 Å². The molecule has 0 aromatic heterocycles. The number of nitrogens with zero attached hydrogens (tertiary/aromatic N) is 3. The number of methoxy groups -OCH3 is 1. The maximum atomic E-state index is 12.9. The Morgan fingerprint density at radius 3 is 2.50 bits per heavy atom. The number of carbonyl (C=O) groups is 4. The molecule has 0 bridgehead atoms. The van der Waals surface area contributed by atoms with Crippen LogP contribution in [0.3, 0.4) is 0 Å². The smallest absolute Gasteiger partial charge is 0.414 e. The number of hydrogen-bond acceptors (Lipinski definition) is 6. The summed E-state index contributed by atoms with van der Waals surface area (Å²) >= 11 is 0. The maximum absolute atomic E-state index is 12.9. The average molecular weight is 499 g/mol. The molecule has 0 saturated heterocycles. The van der Waals surface area contributed by atoms with Crippen molar-refractivity contribution < 1.29 is 28.7 Å². The second kappa shape index (κ2) is 12.6. The molecule has 1 aromatic carbocycles. The van der Waals surface area contributed by atoms with Crippen LogP contribution in [0.25, 0.3) is 5.57 Å². The molecule has 2 rings (SSSR count). The zero-order valence-electron chi connectivity index (χ0n) is 21.6. The van der Waals surface area contributed by atoms with Gasteiger partial charge in [-0.05, 0) is 44.0 Å². The molecular weight excluding hydrogens is 464 g/mol. The molecular formula is C26H34N4O6. The van der Waals surface area contributed by atoms with Crippen LogP contribution in [0.1, 0.15) is 26.3 Å². The van der Waals surface area contributed by atoms with E-state index in [0.29, 0.717) is 22.5 Å². The van der Waals surface area contributed by atoms with Gasteiger partial charge in [0.05, 0.1) is 43.7 Å². The van der Waals surface area contributed by atoms with Crippen molar-refractivity contribution in [1.82, 2.24) is 10.2 Å². The first-order chi connectivity index (χ1) is 17.0. The fourth-order valence-electron chi connectivity index (χ4n) is 3.64. The topological polar surface area (TPSA) is 108 Å². The van der Waals surface area contributed by atoms with Crippen LogP contribution in [0.2, 0.25) is 0 Å². The first-order valence-electron chi connectivity index (χ1n) is 11.5. The van der Waals surface area contributed by atoms with Crippen LogP contribution in [-0.2, 0) is 19.1 Å². The van der Waals surface area contributed by atoms with Crippen LogP contribution >= 0.6 is 0 Å². The van der Waals surface area contributed by atoms with E-state index < -0.39 is 12.2 Å². The molecule has 36 heavy (non-hydrogen) atoms. The number of benzene rings is 1. The van der Waals surface area contributed by atoms with Crippen LogP contribution in [0.4, 0.5) is 21.0 Å². The number of amides is 4. The Balaban J connectivity index is 2.43. The van der Waals surface area contributed by atoms with Gasteiger partial charge in [0.2, 0.25) is 11.8 Å². The van der Waals surface area contributed by atoms with Crippen molar-refractivity contribution in [3.63, 3.8) is 0 Å². The molecule has 1 aromatic rings. The summed E-state index contributed by atoms with van der Waals surface area (Å²) in [5, 5.41) is 2.47. The van der Waals surface area contributed by atoms with Crippen molar-refractivity contribution in [2.75, 3.05) is 44.1 Å². The molecule has 194 valence electrons.